The third-order valence-electron chi connectivity index (χ3n) is 4.31. The highest BCUT2D eigenvalue weighted by Crippen LogP contribution is 2.29. The zero-order chi connectivity index (χ0) is 18.6. The van der Waals surface area contributed by atoms with Crippen molar-refractivity contribution in [3.63, 3.8) is 0 Å². The van der Waals surface area contributed by atoms with Crippen molar-refractivity contribution < 1.29 is 18.7 Å². The summed E-state index contributed by atoms with van der Waals surface area (Å²) >= 11 is 0. The summed E-state index contributed by atoms with van der Waals surface area (Å²) in [5.41, 5.74) is 2.64. The minimum Gasteiger partial charge on any atom is -0.489 e. The van der Waals surface area contributed by atoms with Crippen LogP contribution in [0.4, 0.5) is 4.39 Å². The minimum absolute atomic E-state index is 0.159. The van der Waals surface area contributed by atoms with E-state index >= 15 is 0 Å². The van der Waals surface area contributed by atoms with E-state index < -0.39 is 5.82 Å². The van der Waals surface area contributed by atoms with Crippen LogP contribution in [0.1, 0.15) is 21.5 Å². The summed E-state index contributed by atoms with van der Waals surface area (Å²) in [5.74, 6) is 0.455. The van der Waals surface area contributed by atoms with Crippen LogP contribution in [0.3, 0.4) is 0 Å². The van der Waals surface area contributed by atoms with Crippen LogP contribution in [0.15, 0.2) is 78.4 Å². The van der Waals surface area contributed by atoms with Gasteiger partial charge in [0.15, 0.2) is 5.78 Å². The van der Waals surface area contributed by atoms with E-state index in [1.54, 1.807) is 6.08 Å². The van der Waals surface area contributed by atoms with Gasteiger partial charge in [-0.15, -0.1) is 0 Å². The van der Waals surface area contributed by atoms with Gasteiger partial charge in [-0.05, 0) is 47.5 Å². The maximum atomic E-state index is 13.5. The molecule has 0 bridgehead atoms. The van der Waals surface area contributed by atoms with Crippen LogP contribution < -0.4 is 9.47 Å². The molecule has 0 atom stereocenters. The largest absolute Gasteiger partial charge is 0.489 e. The summed E-state index contributed by atoms with van der Waals surface area (Å²) in [4.78, 5) is 12.6. The molecule has 0 unspecified atom stereocenters. The molecule has 0 radical (unpaired) electrons. The highest BCUT2D eigenvalue weighted by Gasteiger charge is 2.23. The Kier molecular flexibility index (Phi) is 4.71. The molecule has 4 heteroatoms. The van der Waals surface area contributed by atoms with E-state index in [2.05, 4.69) is 0 Å². The van der Waals surface area contributed by atoms with Gasteiger partial charge in [0.05, 0.1) is 5.56 Å². The third-order valence-corrected chi connectivity index (χ3v) is 4.31. The summed E-state index contributed by atoms with van der Waals surface area (Å²) in [5, 5.41) is 0. The molecule has 1 aliphatic heterocycles. The van der Waals surface area contributed by atoms with E-state index in [1.165, 1.54) is 18.2 Å². The van der Waals surface area contributed by atoms with Crippen molar-refractivity contribution in [1.29, 1.82) is 0 Å². The zero-order valence-electron chi connectivity index (χ0n) is 14.5. The Bertz CT molecular complexity index is 1010. The standard InChI is InChI=1S/C23H17FO3/c24-19-9-10-22-21(13-19)23(25)18(15-27-22)11-17-7-4-8-20(12-17)26-14-16-5-2-1-3-6-16/h1-13H,14-15H2. The van der Waals surface area contributed by atoms with E-state index in [0.29, 0.717) is 23.7 Å². The fourth-order valence-corrected chi connectivity index (χ4v) is 2.94. The van der Waals surface area contributed by atoms with Crippen molar-refractivity contribution in [3.05, 3.63) is 101 Å². The summed E-state index contributed by atoms with van der Waals surface area (Å²) < 4.78 is 24.9. The first-order valence-electron chi connectivity index (χ1n) is 8.63. The molecule has 3 aromatic rings. The number of ether oxygens (including phenoxy) is 2. The van der Waals surface area contributed by atoms with Crippen molar-refractivity contribution in [2.75, 3.05) is 6.61 Å². The van der Waals surface area contributed by atoms with Crippen molar-refractivity contribution in [1.82, 2.24) is 0 Å². The highest BCUT2D eigenvalue weighted by atomic mass is 19.1. The van der Waals surface area contributed by atoms with Gasteiger partial charge in [0.2, 0.25) is 0 Å². The first kappa shape index (κ1) is 17.0. The van der Waals surface area contributed by atoms with Crippen LogP contribution in [0.5, 0.6) is 11.5 Å². The number of rotatable bonds is 4. The van der Waals surface area contributed by atoms with E-state index in [0.717, 1.165) is 11.1 Å². The molecule has 0 amide bonds. The summed E-state index contributed by atoms with van der Waals surface area (Å²) in [7, 11) is 0. The number of fused-ring (bicyclic) bond motifs is 1. The number of hydrogen-bond acceptors (Lipinski definition) is 3. The first-order chi connectivity index (χ1) is 13.2. The Labute approximate surface area is 156 Å². The topological polar surface area (TPSA) is 35.5 Å². The molecule has 3 aromatic carbocycles. The Morgan fingerprint density at radius 2 is 1.85 bits per heavy atom. The number of benzene rings is 3. The van der Waals surface area contributed by atoms with Gasteiger partial charge in [0.1, 0.15) is 30.5 Å². The molecule has 1 heterocycles. The maximum absolute atomic E-state index is 13.5. The molecule has 0 saturated carbocycles. The number of hydrogen-bond donors (Lipinski definition) is 0. The van der Waals surface area contributed by atoms with Gasteiger partial charge in [-0.1, -0.05) is 42.5 Å². The third kappa shape index (κ3) is 3.90. The predicted molar refractivity (Wildman–Crippen MR) is 101 cm³/mol. The lowest BCUT2D eigenvalue weighted by molar-refractivity contribution is 0.1000. The fraction of sp³-hybridized carbons (Fsp3) is 0.0870. The van der Waals surface area contributed by atoms with Gasteiger partial charge in [0, 0.05) is 5.57 Å². The average molecular weight is 360 g/mol. The minimum atomic E-state index is -0.455. The lowest BCUT2D eigenvalue weighted by Crippen LogP contribution is -2.19. The normalized spacial score (nSPS) is 14.6. The smallest absolute Gasteiger partial charge is 0.196 e. The summed E-state index contributed by atoms with van der Waals surface area (Å²) in [6.07, 6.45) is 1.76. The molecule has 0 spiro atoms. The Morgan fingerprint density at radius 1 is 1.00 bits per heavy atom. The van der Waals surface area contributed by atoms with Crippen LogP contribution in [0, 0.1) is 5.82 Å². The summed E-state index contributed by atoms with van der Waals surface area (Å²) in [6.45, 7) is 0.627. The lowest BCUT2D eigenvalue weighted by Gasteiger charge is -2.18. The Hall–Kier alpha value is -3.40. The first-order valence-corrected chi connectivity index (χ1v) is 8.63. The fourth-order valence-electron chi connectivity index (χ4n) is 2.94. The summed E-state index contributed by atoms with van der Waals surface area (Å²) in [6, 6.07) is 21.4. The molecule has 1 aliphatic rings. The average Bonchev–Trinajstić information content (AvgIpc) is 2.70. The van der Waals surface area contributed by atoms with Gasteiger partial charge in [-0.3, -0.25) is 4.79 Å². The second-order valence-corrected chi connectivity index (χ2v) is 6.27. The molecule has 0 saturated heterocycles. The predicted octanol–water partition coefficient (Wildman–Crippen LogP) is 5.06. The lowest BCUT2D eigenvalue weighted by atomic mass is 9.98. The molecule has 0 N–H and O–H groups in total. The van der Waals surface area contributed by atoms with Crippen molar-refractivity contribution in [3.8, 4) is 11.5 Å². The Morgan fingerprint density at radius 3 is 2.70 bits per heavy atom. The van der Waals surface area contributed by atoms with Gasteiger partial charge in [0.25, 0.3) is 0 Å². The van der Waals surface area contributed by atoms with Gasteiger partial charge < -0.3 is 9.47 Å². The van der Waals surface area contributed by atoms with E-state index in [4.69, 9.17) is 9.47 Å². The van der Waals surface area contributed by atoms with Gasteiger partial charge in [-0.25, -0.2) is 4.39 Å². The van der Waals surface area contributed by atoms with Crippen LogP contribution in [0.25, 0.3) is 6.08 Å². The van der Waals surface area contributed by atoms with E-state index in [-0.39, 0.29) is 18.0 Å². The van der Waals surface area contributed by atoms with E-state index in [9.17, 15) is 9.18 Å². The maximum Gasteiger partial charge on any atom is 0.196 e. The SMILES string of the molecule is O=C1C(=Cc2cccc(OCc3ccccc3)c2)COc2ccc(F)cc21. The molecule has 0 aliphatic carbocycles. The van der Waals surface area contributed by atoms with Gasteiger partial charge >= 0.3 is 0 Å². The zero-order valence-corrected chi connectivity index (χ0v) is 14.5. The molecular weight excluding hydrogens is 343 g/mol. The second-order valence-electron chi connectivity index (χ2n) is 6.27. The monoisotopic (exact) mass is 360 g/mol. The molecule has 3 nitrogen and oxygen atoms in total. The Balaban J connectivity index is 1.53. The number of ketones is 1. The number of halogens is 1. The highest BCUT2D eigenvalue weighted by molar-refractivity contribution is 6.14. The van der Waals surface area contributed by atoms with Gasteiger partial charge in [-0.2, -0.15) is 0 Å². The quantitative estimate of drug-likeness (QED) is 0.610. The van der Waals surface area contributed by atoms with E-state index in [1.807, 2.05) is 54.6 Å². The van der Waals surface area contributed by atoms with Crippen molar-refractivity contribution in [2.24, 2.45) is 0 Å². The van der Waals surface area contributed by atoms with Crippen LogP contribution in [-0.4, -0.2) is 12.4 Å². The molecular formula is C23H17FO3. The molecule has 27 heavy (non-hydrogen) atoms. The number of Topliss-reactive ketones (excluding diaryl/α,β-unsaturated/α-hetero) is 1. The molecule has 0 aromatic heterocycles. The molecule has 4 rings (SSSR count). The van der Waals surface area contributed by atoms with Crippen LogP contribution in [-0.2, 0) is 6.61 Å². The number of carbonyl (C=O) groups is 1. The van der Waals surface area contributed by atoms with Crippen molar-refractivity contribution >= 4 is 11.9 Å². The van der Waals surface area contributed by atoms with Crippen molar-refractivity contribution in [2.45, 2.75) is 6.61 Å². The number of carbonyl (C=O) groups excluding carboxylic acids is 1. The van der Waals surface area contributed by atoms with Crippen LogP contribution >= 0.6 is 0 Å². The molecule has 134 valence electrons. The molecule has 0 fully saturated rings. The van der Waals surface area contributed by atoms with Crippen LogP contribution in [0.2, 0.25) is 0 Å². The second kappa shape index (κ2) is 7.46.